The molecule has 2 N–H and O–H groups in total. The van der Waals surface area contributed by atoms with Crippen molar-refractivity contribution >= 4 is 5.91 Å². The van der Waals surface area contributed by atoms with Crippen molar-refractivity contribution in [2.24, 2.45) is 5.92 Å². The molecule has 0 radical (unpaired) electrons. The van der Waals surface area contributed by atoms with Crippen molar-refractivity contribution in [3.63, 3.8) is 0 Å². The van der Waals surface area contributed by atoms with Crippen LogP contribution in [0.2, 0.25) is 0 Å². The summed E-state index contributed by atoms with van der Waals surface area (Å²) in [6, 6.07) is 0. The zero-order chi connectivity index (χ0) is 13.2. The lowest BCUT2D eigenvalue weighted by Crippen LogP contribution is -2.28. The van der Waals surface area contributed by atoms with Gasteiger partial charge in [-0.15, -0.1) is 0 Å². The number of carbonyl (C=O) groups is 1. The van der Waals surface area contributed by atoms with Crippen LogP contribution in [-0.2, 0) is 17.8 Å². The fraction of sp³-hybridized carbons (Fsp3) is 0.667. The Morgan fingerprint density at radius 3 is 2.95 bits per heavy atom. The van der Waals surface area contributed by atoms with E-state index in [1.165, 1.54) is 18.4 Å². The van der Waals surface area contributed by atoms with Crippen LogP contribution in [0.4, 0.5) is 0 Å². The second-order valence-electron chi connectivity index (χ2n) is 5.92. The smallest absolute Gasteiger partial charge is 0.239 e. The molecule has 1 fully saturated rings. The van der Waals surface area contributed by atoms with Gasteiger partial charge in [0.1, 0.15) is 6.54 Å². The average Bonchev–Trinajstić information content (AvgIpc) is 3.15. The van der Waals surface area contributed by atoms with Crippen molar-refractivity contribution in [1.82, 2.24) is 9.88 Å². The quantitative estimate of drug-likeness (QED) is 0.813. The van der Waals surface area contributed by atoms with Gasteiger partial charge in [-0.05, 0) is 43.6 Å². The molecule has 1 aromatic rings. The van der Waals surface area contributed by atoms with Crippen LogP contribution in [0.3, 0.4) is 0 Å². The highest BCUT2D eigenvalue weighted by atomic mass is 16.3. The molecule has 0 bridgehead atoms. The number of aliphatic hydroxyl groups is 1. The van der Waals surface area contributed by atoms with E-state index in [-0.39, 0.29) is 12.0 Å². The highest BCUT2D eigenvalue weighted by Gasteiger charge is 2.22. The van der Waals surface area contributed by atoms with Crippen LogP contribution in [0, 0.1) is 5.92 Å². The van der Waals surface area contributed by atoms with Crippen LogP contribution in [0.15, 0.2) is 12.4 Å². The Morgan fingerprint density at radius 2 is 2.16 bits per heavy atom. The third kappa shape index (κ3) is 3.18. The molecule has 3 rings (SSSR count). The molecule has 4 heteroatoms. The summed E-state index contributed by atoms with van der Waals surface area (Å²) in [5.41, 5.74) is 2.23. The highest BCUT2D eigenvalue weighted by molar-refractivity contribution is 5.75. The molecule has 19 heavy (non-hydrogen) atoms. The maximum Gasteiger partial charge on any atom is 0.239 e. The lowest BCUT2D eigenvalue weighted by atomic mass is 10.1. The zero-order valence-corrected chi connectivity index (χ0v) is 11.3. The molecule has 1 heterocycles. The lowest BCUT2D eigenvalue weighted by Gasteiger charge is -2.07. The number of fused-ring (bicyclic) bond motifs is 1. The second kappa shape index (κ2) is 5.37. The predicted octanol–water partition coefficient (Wildman–Crippen LogP) is 1.77. The topological polar surface area (TPSA) is 54.3 Å². The molecule has 0 saturated heterocycles. The first-order chi connectivity index (χ1) is 9.22. The minimum absolute atomic E-state index is 0.0755. The molecule has 1 unspecified atom stereocenters. The molecule has 1 aromatic heterocycles. The van der Waals surface area contributed by atoms with Gasteiger partial charge in [-0.3, -0.25) is 4.79 Å². The molecule has 1 atom stereocenters. The maximum absolute atomic E-state index is 11.8. The largest absolute Gasteiger partial charge is 0.388 e. The van der Waals surface area contributed by atoms with Gasteiger partial charge in [0.15, 0.2) is 0 Å². The van der Waals surface area contributed by atoms with E-state index in [0.717, 1.165) is 37.8 Å². The van der Waals surface area contributed by atoms with Gasteiger partial charge in [0.2, 0.25) is 5.91 Å². The Bertz CT molecular complexity index is 463. The third-order valence-corrected chi connectivity index (χ3v) is 4.14. The van der Waals surface area contributed by atoms with Crippen molar-refractivity contribution in [1.29, 1.82) is 0 Å². The van der Waals surface area contributed by atoms with Crippen molar-refractivity contribution in [3.05, 3.63) is 23.5 Å². The van der Waals surface area contributed by atoms with Gasteiger partial charge in [0.05, 0.1) is 6.10 Å². The van der Waals surface area contributed by atoms with Crippen molar-refractivity contribution in [2.75, 3.05) is 6.54 Å². The van der Waals surface area contributed by atoms with Crippen LogP contribution >= 0.6 is 0 Å². The molecule has 1 saturated carbocycles. The molecular formula is C15H22N2O2. The second-order valence-corrected chi connectivity index (χ2v) is 5.92. The van der Waals surface area contributed by atoms with Gasteiger partial charge in [-0.25, -0.2) is 0 Å². The van der Waals surface area contributed by atoms with Crippen LogP contribution in [0.1, 0.15) is 49.3 Å². The summed E-state index contributed by atoms with van der Waals surface area (Å²) in [5, 5.41) is 13.0. The number of nitrogens with one attached hydrogen (secondary N) is 1. The molecule has 0 aliphatic heterocycles. The van der Waals surface area contributed by atoms with Crippen LogP contribution in [0.5, 0.6) is 0 Å². The van der Waals surface area contributed by atoms with Crippen molar-refractivity contribution < 1.29 is 9.90 Å². The first-order valence-corrected chi connectivity index (χ1v) is 7.35. The summed E-state index contributed by atoms with van der Waals surface area (Å²) in [6.07, 6.45) is 10.2. The summed E-state index contributed by atoms with van der Waals surface area (Å²) in [6.45, 7) is 1.19. The molecule has 0 aromatic carbocycles. The Balaban J connectivity index is 1.61. The number of aromatic nitrogens is 1. The first kappa shape index (κ1) is 12.7. The van der Waals surface area contributed by atoms with E-state index in [4.69, 9.17) is 0 Å². The van der Waals surface area contributed by atoms with Crippen LogP contribution in [0.25, 0.3) is 0 Å². The maximum atomic E-state index is 11.8. The highest BCUT2D eigenvalue weighted by Crippen LogP contribution is 2.29. The van der Waals surface area contributed by atoms with E-state index in [1.807, 2.05) is 17.0 Å². The Labute approximate surface area is 113 Å². The number of aryl methyl sites for hydroxylation is 1. The van der Waals surface area contributed by atoms with E-state index in [2.05, 4.69) is 5.32 Å². The first-order valence-electron chi connectivity index (χ1n) is 7.35. The summed E-state index contributed by atoms with van der Waals surface area (Å²) in [5.74, 6) is 0.790. The monoisotopic (exact) mass is 262 g/mol. The molecule has 2 aliphatic rings. The summed E-state index contributed by atoms with van der Waals surface area (Å²) >= 11 is 0. The predicted molar refractivity (Wildman–Crippen MR) is 72.7 cm³/mol. The number of amides is 1. The third-order valence-electron chi connectivity index (χ3n) is 4.14. The SMILES string of the molecule is O=C(Cn1cc2c(c1)C(O)CCCC2)NCC1CC1. The van der Waals surface area contributed by atoms with Crippen LogP contribution in [-0.4, -0.2) is 22.1 Å². The molecule has 2 aliphatic carbocycles. The van der Waals surface area contributed by atoms with Gasteiger partial charge < -0.3 is 15.0 Å². The van der Waals surface area contributed by atoms with Gasteiger partial charge in [0, 0.05) is 24.5 Å². The number of rotatable bonds is 4. The van der Waals surface area contributed by atoms with E-state index in [9.17, 15) is 9.90 Å². The summed E-state index contributed by atoms with van der Waals surface area (Å²) < 4.78 is 1.92. The number of carbonyl (C=O) groups excluding carboxylic acids is 1. The van der Waals surface area contributed by atoms with Gasteiger partial charge in [-0.2, -0.15) is 0 Å². The standard InChI is InChI=1S/C15H22N2O2/c18-14-4-2-1-3-12-8-17(9-13(12)14)10-15(19)16-7-11-5-6-11/h8-9,11,14,18H,1-7,10H2,(H,16,19). The minimum atomic E-state index is -0.353. The number of hydrogen-bond donors (Lipinski definition) is 2. The van der Waals surface area contributed by atoms with Crippen LogP contribution < -0.4 is 5.32 Å². The van der Waals surface area contributed by atoms with E-state index in [0.29, 0.717) is 12.5 Å². The minimum Gasteiger partial charge on any atom is -0.388 e. The van der Waals surface area contributed by atoms with Gasteiger partial charge in [0.25, 0.3) is 0 Å². The van der Waals surface area contributed by atoms with E-state index < -0.39 is 0 Å². The number of hydrogen-bond acceptors (Lipinski definition) is 2. The molecular weight excluding hydrogens is 240 g/mol. The van der Waals surface area contributed by atoms with E-state index in [1.54, 1.807) is 0 Å². The summed E-state index contributed by atoms with van der Waals surface area (Å²) in [7, 11) is 0. The Kier molecular flexibility index (Phi) is 3.60. The number of aliphatic hydroxyl groups excluding tert-OH is 1. The average molecular weight is 262 g/mol. The molecule has 1 amide bonds. The Hall–Kier alpha value is -1.29. The van der Waals surface area contributed by atoms with Crippen molar-refractivity contribution in [2.45, 2.75) is 51.2 Å². The normalized spacial score (nSPS) is 22.7. The summed E-state index contributed by atoms with van der Waals surface area (Å²) in [4.78, 5) is 11.8. The Morgan fingerprint density at radius 1 is 1.32 bits per heavy atom. The van der Waals surface area contributed by atoms with Gasteiger partial charge in [-0.1, -0.05) is 6.42 Å². The van der Waals surface area contributed by atoms with Crippen molar-refractivity contribution in [3.8, 4) is 0 Å². The van der Waals surface area contributed by atoms with Gasteiger partial charge >= 0.3 is 0 Å². The molecule has 4 nitrogen and oxygen atoms in total. The lowest BCUT2D eigenvalue weighted by molar-refractivity contribution is -0.121. The fourth-order valence-electron chi connectivity index (χ4n) is 2.78. The zero-order valence-electron chi connectivity index (χ0n) is 11.3. The molecule has 0 spiro atoms. The fourth-order valence-corrected chi connectivity index (χ4v) is 2.78. The molecule has 104 valence electrons. The number of nitrogens with zero attached hydrogens (tertiary/aromatic N) is 1. The van der Waals surface area contributed by atoms with E-state index >= 15 is 0 Å².